The fraction of sp³-hybridized carbons (Fsp3) is 0.545. The molecule has 3 rings (SSSR count). The van der Waals surface area contributed by atoms with Crippen molar-refractivity contribution in [2.75, 3.05) is 5.32 Å². The van der Waals surface area contributed by atoms with Crippen LogP contribution in [0.4, 0.5) is 6.01 Å². The van der Waals surface area contributed by atoms with Gasteiger partial charge in [-0.1, -0.05) is 6.42 Å². The summed E-state index contributed by atoms with van der Waals surface area (Å²) in [6.07, 6.45) is 7.89. The zero-order valence-corrected chi connectivity index (χ0v) is 9.59. The lowest BCUT2D eigenvalue weighted by atomic mass is 10.2. The van der Waals surface area contributed by atoms with Crippen molar-refractivity contribution in [1.82, 2.24) is 19.7 Å². The second kappa shape index (κ2) is 4.57. The summed E-state index contributed by atoms with van der Waals surface area (Å²) in [4.78, 5) is 4.01. The Morgan fingerprint density at radius 1 is 1.29 bits per heavy atom. The van der Waals surface area contributed by atoms with Crippen molar-refractivity contribution in [3.05, 3.63) is 24.1 Å². The highest BCUT2D eigenvalue weighted by Gasteiger charge is 2.14. The SMILES string of the molecule is c1coc(NCc2nnc3n2CCCCC3)n1. The van der Waals surface area contributed by atoms with Gasteiger partial charge in [0.25, 0.3) is 6.01 Å². The van der Waals surface area contributed by atoms with E-state index in [0.717, 1.165) is 24.6 Å². The van der Waals surface area contributed by atoms with Crippen LogP contribution in [0, 0.1) is 0 Å². The first-order chi connectivity index (χ1) is 8.43. The number of aromatic nitrogens is 4. The van der Waals surface area contributed by atoms with E-state index in [4.69, 9.17) is 4.42 Å². The molecule has 1 aliphatic rings. The molecule has 0 unspecified atom stereocenters. The van der Waals surface area contributed by atoms with Crippen LogP contribution in [0.3, 0.4) is 0 Å². The summed E-state index contributed by atoms with van der Waals surface area (Å²) in [5.74, 6) is 2.06. The first-order valence-corrected chi connectivity index (χ1v) is 5.98. The third-order valence-corrected chi connectivity index (χ3v) is 3.02. The summed E-state index contributed by atoms with van der Waals surface area (Å²) in [5.41, 5.74) is 0. The molecule has 0 atom stereocenters. The monoisotopic (exact) mass is 233 g/mol. The fourth-order valence-corrected chi connectivity index (χ4v) is 2.14. The Balaban J connectivity index is 1.73. The molecule has 17 heavy (non-hydrogen) atoms. The summed E-state index contributed by atoms with van der Waals surface area (Å²) in [6, 6.07) is 0.524. The van der Waals surface area contributed by atoms with Crippen molar-refractivity contribution in [3.8, 4) is 0 Å². The van der Waals surface area contributed by atoms with Gasteiger partial charge in [0, 0.05) is 13.0 Å². The van der Waals surface area contributed by atoms with Gasteiger partial charge in [0.1, 0.15) is 12.1 Å². The van der Waals surface area contributed by atoms with Gasteiger partial charge in [0.2, 0.25) is 0 Å². The number of oxazole rings is 1. The summed E-state index contributed by atoms with van der Waals surface area (Å²) in [6.45, 7) is 1.62. The minimum atomic E-state index is 0.524. The lowest BCUT2D eigenvalue weighted by Crippen LogP contribution is -2.10. The first-order valence-electron chi connectivity index (χ1n) is 5.98. The lowest BCUT2D eigenvalue weighted by molar-refractivity contribution is 0.564. The molecule has 3 heterocycles. The second-order valence-electron chi connectivity index (χ2n) is 4.19. The predicted octanol–water partition coefficient (Wildman–Crippen LogP) is 1.60. The van der Waals surface area contributed by atoms with E-state index in [1.807, 2.05) is 0 Å². The Kier molecular flexibility index (Phi) is 2.77. The van der Waals surface area contributed by atoms with E-state index < -0.39 is 0 Å². The highest BCUT2D eigenvalue weighted by atomic mass is 16.4. The van der Waals surface area contributed by atoms with Crippen molar-refractivity contribution in [3.63, 3.8) is 0 Å². The van der Waals surface area contributed by atoms with E-state index in [0.29, 0.717) is 12.6 Å². The minimum absolute atomic E-state index is 0.524. The third kappa shape index (κ3) is 2.15. The van der Waals surface area contributed by atoms with E-state index in [1.54, 1.807) is 12.5 Å². The van der Waals surface area contributed by atoms with Crippen LogP contribution >= 0.6 is 0 Å². The maximum atomic E-state index is 5.12. The molecular formula is C11H15N5O. The quantitative estimate of drug-likeness (QED) is 0.872. The lowest BCUT2D eigenvalue weighted by Gasteiger charge is -2.06. The number of aryl methyl sites for hydroxylation is 1. The summed E-state index contributed by atoms with van der Waals surface area (Å²) in [5, 5.41) is 11.6. The van der Waals surface area contributed by atoms with Crippen LogP contribution in [-0.2, 0) is 19.5 Å². The smallest absolute Gasteiger partial charge is 0.294 e. The number of nitrogens with zero attached hydrogens (tertiary/aromatic N) is 4. The Hall–Kier alpha value is -1.85. The van der Waals surface area contributed by atoms with Gasteiger partial charge < -0.3 is 14.3 Å². The zero-order chi connectivity index (χ0) is 11.5. The summed E-state index contributed by atoms with van der Waals surface area (Å²) < 4.78 is 7.33. The molecule has 0 fully saturated rings. The molecule has 0 aliphatic carbocycles. The molecule has 0 bridgehead atoms. The number of rotatable bonds is 3. The van der Waals surface area contributed by atoms with Crippen LogP contribution in [0.2, 0.25) is 0 Å². The predicted molar refractivity (Wildman–Crippen MR) is 61.4 cm³/mol. The molecule has 2 aromatic rings. The van der Waals surface area contributed by atoms with Crippen molar-refractivity contribution in [2.45, 2.75) is 38.8 Å². The van der Waals surface area contributed by atoms with E-state index >= 15 is 0 Å². The Bertz CT molecular complexity index is 476. The van der Waals surface area contributed by atoms with Gasteiger partial charge in [-0.2, -0.15) is 0 Å². The fourth-order valence-electron chi connectivity index (χ4n) is 2.14. The number of hydrogen-bond donors (Lipinski definition) is 1. The normalized spacial score (nSPS) is 15.3. The molecule has 0 radical (unpaired) electrons. The van der Waals surface area contributed by atoms with Crippen molar-refractivity contribution in [1.29, 1.82) is 0 Å². The average molecular weight is 233 g/mol. The van der Waals surface area contributed by atoms with Crippen LogP contribution in [0.5, 0.6) is 0 Å². The topological polar surface area (TPSA) is 68.8 Å². The summed E-state index contributed by atoms with van der Waals surface area (Å²) >= 11 is 0. The molecule has 1 aliphatic heterocycles. The summed E-state index contributed by atoms with van der Waals surface area (Å²) in [7, 11) is 0. The van der Waals surface area contributed by atoms with Gasteiger partial charge in [0.05, 0.1) is 12.7 Å². The van der Waals surface area contributed by atoms with E-state index in [2.05, 4.69) is 25.1 Å². The van der Waals surface area contributed by atoms with Crippen LogP contribution in [0.25, 0.3) is 0 Å². The molecule has 90 valence electrons. The standard InChI is InChI=1S/C11H15N5O/c1-2-4-9-14-15-10(16(9)6-3-1)8-13-11-12-5-7-17-11/h5,7H,1-4,6,8H2,(H,12,13). The minimum Gasteiger partial charge on any atom is -0.432 e. The third-order valence-electron chi connectivity index (χ3n) is 3.02. The van der Waals surface area contributed by atoms with Gasteiger partial charge in [-0.05, 0) is 12.8 Å². The highest BCUT2D eigenvalue weighted by Crippen LogP contribution is 2.15. The molecule has 0 aromatic carbocycles. The number of anilines is 1. The maximum Gasteiger partial charge on any atom is 0.294 e. The molecule has 2 aromatic heterocycles. The molecule has 0 saturated carbocycles. The van der Waals surface area contributed by atoms with Crippen molar-refractivity contribution in [2.24, 2.45) is 0 Å². The van der Waals surface area contributed by atoms with Crippen LogP contribution < -0.4 is 5.32 Å². The van der Waals surface area contributed by atoms with Gasteiger partial charge in [-0.15, -0.1) is 10.2 Å². The molecule has 1 N–H and O–H groups in total. The van der Waals surface area contributed by atoms with Crippen LogP contribution in [-0.4, -0.2) is 19.7 Å². The number of fused-ring (bicyclic) bond motifs is 1. The van der Waals surface area contributed by atoms with Crippen molar-refractivity contribution < 1.29 is 4.42 Å². The Labute approximate surface area is 99.1 Å². The molecular weight excluding hydrogens is 218 g/mol. The van der Waals surface area contributed by atoms with E-state index in [9.17, 15) is 0 Å². The first kappa shape index (κ1) is 10.3. The van der Waals surface area contributed by atoms with Gasteiger partial charge in [-0.25, -0.2) is 4.98 Å². The van der Waals surface area contributed by atoms with E-state index in [1.165, 1.54) is 19.3 Å². The van der Waals surface area contributed by atoms with Crippen LogP contribution in [0.1, 0.15) is 30.9 Å². The molecule has 6 heteroatoms. The molecule has 0 amide bonds. The van der Waals surface area contributed by atoms with Gasteiger partial charge >= 0.3 is 0 Å². The number of nitrogens with one attached hydrogen (secondary N) is 1. The number of hydrogen-bond acceptors (Lipinski definition) is 5. The highest BCUT2D eigenvalue weighted by molar-refractivity contribution is 5.18. The van der Waals surface area contributed by atoms with Crippen molar-refractivity contribution >= 4 is 6.01 Å². The largest absolute Gasteiger partial charge is 0.432 e. The molecule has 0 saturated heterocycles. The Morgan fingerprint density at radius 3 is 3.18 bits per heavy atom. The average Bonchev–Trinajstić information content (AvgIpc) is 2.92. The zero-order valence-electron chi connectivity index (χ0n) is 9.59. The molecule has 6 nitrogen and oxygen atoms in total. The molecule has 0 spiro atoms. The van der Waals surface area contributed by atoms with Gasteiger partial charge in [-0.3, -0.25) is 0 Å². The second-order valence-corrected chi connectivity index (χ2v) is 4.19. The van der Waals surface area contributed by atoms with Crippen LogP contribution in [0.15, 0.2) is 16.9 Å². The van der Waals surface area contributed by atoms with E-state index in [-0.39, 0.29) is 0 Å². The maximum absolute atomic E-state index is 5.12. The van der Waals surface area contributed by atoms with Gasteiger partial charge in [0.15, 0.2) is 5.82 Å². The Morgan fingerprint density at radius 2 is 2.29 bits per heavy atom.